The maximum absolute atomic E-state index is 13.5. The van der Waals surface area contributed by atoms with Gasteiger partial charge in [-0.3, -0.25) is 19.8 Å². The van der Waals surface area contributed by atoms with Crippen molar-refractivity contribution in [3.8, 4) is 11.3 Å². The standard InChI is InChI=1S/C20H11FN2O4S2/c21-13-2-1-3-15(10-13)22-19(24)18(29-20(22)28)11-16-8-9-17(27-16)12-4-6-14(7-5-12)23(25)26/h1-11H. The molecular weight excluding hydrogens is 415 g/mol. The van der Waals surface area contributed by atoms with Gasteiger partial charge < -0.3 is 4.42 Å². The van der Waals surface area contributed by atoms with Crippen LogP contribution in [0.1, 0.15) is 5.76 Å². The molecule has 1 aliphatic rings. The van der Waals surface area contributed by atoms with Crippen LogP contribution in [0, 0.1) is 15.9 Å². The summed E-state index contributed by atoms with van der Waals surface area (Å²) in [5.41, 5.74) is 1.02. The van der Waals surface area contributed by atoms with Crippen LogP contribution < -0.4 is 4.90 Å². The normalized spacial score (nSPS) is 15.3. The van der Waals surface area contributed by atoms with Crippen molar-refractivity contribution in [2.24, 2.45) is 0 Å². The molecule has 3 aromatic rings. The third-order valence-electron chi connectivity index (χ3n) is 4.12. The second kappa shape index (κ2) is 7.61. The maximum atomic E-state index is 13.5. The highest BCUT2D eigenvalue weighted by Gasteiger charge is 2.33. The molecular formula is C20H11FN2O4S2. The number of non-ortho nitro benzene ring substituents is 1. The van der Waals surface area contributed by atoms with Gasteiger partial charge in [0.1, 0.15) is 17.3 Å². The van der Waals surface area contributed by atoms with Gasteiger partial charge in [-0.15, -0.1) is 0 Å². The van der Waals surface area contributed by atoms with E-state index >= 15 is 0 Å². The fourth-order valence-corrected chi connectivity index (χ4v) is 4.05. The molecule has 0 atom stereocenters. The van der Waals surface area contributed by atoms with Crippen LogP contribution in [0.15, 0.2) is 70.0 Å². The van der Waals surface area contributed by atoms with E-state index in [0.29, 0.717) is 32.0 Å². The van der Waals surface area contributed by atoms with Gasteiger partial charge in [0.2, 0.25) is 0 Å². The maximum Gasteiger partial charge on any atom is 0.270 e. The summed E-state index contributed by atoms with van der Waals surface area (Å²) in [5.74, 6) is 0.114. The second-order valence-corrected chi connectivity index (χ2v) is 7.68. The Morgan fingerprint density at radius 2 is 1.90 bits per heavy atom. The summed E-state index contributed by atoms with van der Waals surface area (Å²) in [5, 5.41) is 10.8. The average molecular weight is 426 g/mol. The molecule has 9 heteroatoms. The van der Waals surface area contributed by atoms with E-state index in [-0.39, 0.29) is 11.6 Å². The highest BCUT2D eigenvalue weighted by molar-refractivity contribution is 8.27. The zero-order chi connectivity index (χ0) is 20.5. The van der Waals surface area contributed by atoms with Crippen LogP contribution in [-0.4, -0.2) is 15.2 Å². The second-order valence-electron chi connectivity index (χ2n) is 6.00. The van der Waals surface area contributed by atoms with Crippen molar-refractivity contribution in [2.45, 2.75) is 0 Å². The molecule has 0 saturated carbocycles. The third-order valence-corrected chi connectivity index (χ3v) is 5.43. The Morgan fingerprint density at radius 1 is 1.14 bits per heavy atom. The highest BCUT2D eigenvalue weighted by Crippen LogP contribution is 2.36. The lowest BCUT2D eigenvalue weighted by molar-refractivity contribution is -0.384. The van der Waals surface area contributed by atoms with Crippen LogP contribution in [0.4, 0.5) is 15.8 Å². The number of furan rings is 1. The van der Waals surface area contributed by atoms with Gasteiger partial charge in [-0.2, -0.15) is 0 Å². The van der Waals surface area contributed by atoms with Gasteiger partial charge in [0.25, 0.3) is 11.6 Å². The molecule has 2 heterocycles. The minimum Gasteiger partial charge on any atom is -0.457 e. The molecule has 1 saturated heterocycles. The Bertz CT molecular complexity index is 1170. The van der Waals surface area contributed by atoms with Crippen molar-refractivity contribution in [1.29, 1.82) is 0 Å². The van der Waals surface area contributed by atoms with Crippen LogP contribution >= 0.6 is 24.0 Å². The lowest BCUT2D eigenvalue weighted by Gasteiger charge is -2.14. The van der Waals surface area contributed by atoms with Gasteiger partial charge in [0, 0.05) is 23.8 Å². The number of rotatable bonds is 4. The topological polar surface area (TPSA) is 76.6 Å². The van der Waals surface area contributed by atoms with E-state index in [1.54, 1.807) is 36.4 Å². The highest BCUT2D eigenvalue weighted by atomic mass is 32.2. The number of benzene rings is 2. The first kappa shape index (κ1) is 19.0. The molecule has 1 fully saturated rings. The molecule has 0 radical (unpaired) electrons. The Morgan fingerprint density at radius 3 is 2.59 bits per heavy atom. The lowest BCUT2D eigenvalue weighted by atomic mass is 10.1. The number of thiocarbonyl (C=S) groups is 1. The molecule has 0 spiro atoms. The minimum atomic E-state index is -0.474. The fourth-order valence-electron chi connectivity index (χ4n) is 2.77. The number of anilines is 1. The molecule has 1 aliphatic heterocycles. The molecule has 0 bridgehead atoms. The van der Waals surface area contributed by atoms with Gasteiger partial charge in [0.15, 0.2) is 4.32 Å². The van der Waals surface area contributed by atoms with E-state index in [2.05, 4.69) is 0 Å². The quantitative estimate of drug-likeness (QED) is 0.241. The Hall–Kier alpha value is -3.30. The van der Waals surface area contributed by atoms with Crippen LogP contribution in [0.5, 0.6) is 0 Å². The molecule has 0 unspecified atom stereocenters. The summed E-state index contributed by atoms with van der Waals surface area (Å²) in [7, 11) is 0. The zero-order valence-electron chi connectivity index (χ0n) is 14.6. The van der Waals surface area contributed by atoms with Crippen molar-refractivity contribution in [3.63, 3.8) is 0 Å². The summed E-state index contributed by atoms with van der Waals surface area (Å²) < 4.78 is 19.5. The monoisotopic (exact) mass is 426 g/mol. The van der Waals surface area contributed by atoms with Crippen LogP contribution in [-0.2, 0) is 4.79 Å². The van der Waals surface area contributed by atoms with E-state index in [4.69, 9.17) is 16.6 Å². The third kappa shape index (κ3) is 3.82. The molecule has 29 heavy (non-hydrogen) atoms. The largest absolute Gasteiger partial charge is 0.457 e. The number of nitrogens with zero attached hydrogens (tertiary/aromatic N) is 2. The molecule has 0 aliphatic carbocycles. The molecule has 4 rings (SSSR count). The van der Waals surface area contributed by atoms with E-state index in [1.165, 1.54) is 35.2 Å². The number of halogens is 1. The minimum absolute atomic E-state index is 0.0125. The van der Waals surface area contributed by atoms with Gasteiger partial charge in [-0.25, -0.2) is 4.39 Å². The number of nitro benzene ring substituents is 1. The van der Waals surface area contributed by atoms with Crippen LogP contribution in [0.3, 0.4) is 0 Å². The molecule has 1 amide bonds. The Balaban J connectivity index is 1.58. The predicted molar refractivity (Wildman–Crippen MR) is 113 cm³/mol. The summed E-state index contributed by atoms with van der Waals surface area (Å²) in [6, 6.07) is 15.0. The summed E-state index contributed by atoms with van der Waals surface area (Å²) >= 11 is 6.37. The molecule has 144 valence electrons. The van der Waals surface area contributed by atoms with Crippen molar-refractivity contribution < 1.29 is 18.5 Å². The zero-order valence-corrected chi connectivity index (χ0v) is 16.2. The molecule has 2 aromatic carbocycles. The Labute approximate surface area is 173 Å². The van der Waals surface area contributed by atoms with E-state index in [0.717, 1.165) is 11.8 Å². The Kier molecular flexibility index (Phi) is 4.99. The first-order valence-electron chi connectivity index (χ1n) is 8.30. The number of hydrogen-bond donors (Lipinski definition) is 0. The fraction of sp³-hybridized carbons (Fsp3) is 0. The first-order valence-corrected chi connectivity index (χ1v) is 9.53. The van der Waals surface area contributed by atoms with Crippen LogP contribution in [0.2, 0.25) is 0 Å². The van der Waals surface area contributed by atoms with Gasteiger partial charge in [-0.05, 0) is 42.5 Å². The molecule has 6 nitrogen and oxygen atoms in total. The predicted octanol–water partition coefficient (Wildman–Crippen LogP) is 5.40. The van der Waals surface area contributed by atoms with Gasteiger partial charge in [0.05, 0.1) is 15.5 Å². The number of carbonyl (C=O) groups excluding carboxylic acids is 1. The number of hydrogen-bond acceptors (Lipinski definition) is 6. The molecule has 1 aromatic heterocycles. The average Bonchev–Trinajstić information content (AvgIpc) is 3.26. The van der Waals surface area contributed by atoms with E-state index in [1.807, 2.05) is 0 Å². The number of nitro groups is 1. The van der Waals surface area contributed by atoms with Crippen LogP contribution in [0.25, 0.3) is 17.4 Å². The summed E-state index contributed by atoms with van der Waals surface area (Å²) in [6.45, 7) is 0. The smallest absolute Gasteiger partial charge is 0.270 e. The number of amides is 1. The van der Waals surface area contributed by atoms with Crippen molar-refractivity contribution in [3.05, 3.63) is 87.3 Å². The summed E-state index contributed by atoms with van der Waals surface area (Å²) in [6.07, 6.45) is 1.56. The van der Waals surface area contributed by atoms with E-state index < -0.39 is 10.7 Å². The number of carbonyl (C=O) groups is 1. The lowest BCUT2D eigenvalue weighted by Crippen LogP contribution is -2.27. The molecule has 0 N–H and O–H groups in total. The van der Waals surface area contributed by atoms with Crippen molar-refractivity contribution in [1.82, 2.24) is 0 Å². The number of thioether (sulfide) groups is 1. The SMILES string of the molecule is O=C1C(=Cc2ccc(-c3ccc([N+](=O)[O-])cc3)o2)SC(=S)N1c1cccc(F)c1. The first-order chi connectivity index (χ1) is 13.9. The summed E-state index contributed by atoms with van der Waals surface area (Å²) in [4.78, 5) is 24.6. The van der Waals surface area contributed by atoms with E-state index in [9.17, 15) is 19.3 Å². The van der Waals surface area contributed by atoms with Crippen molar-refractivity contribution in [2.75, 3.05) is 4.90 Å². The van der Waals surface area contributed by atoms with Crippen molar-refractivity contribution >= 4 is 51.7 Å². The van der Waals surface area contributed by atoms with Gasteiger partial charge in [-0.1, -0.05) is 30.0 Å². The van der Waals surface area contributed by atoms with Gasteiger partial charge >= 0.3 is 0 Å².